The van der Waals surface area contributed by atoms with Crippen molar-refractivity contribution in [1.29, 1.82) is 0 Å². The van der Waals surface area contributed by atoms with E-state index in [-0.39, 0.29) is 0 Å². The minimum absolute atomic E-state index is 0.461. The molecule has 1 atom stereocenters. The summed E-state index contributed by atoms with van der Waals surface area (Å²) in [4.78, 5) is 5.39. The minimum Gasteiger partial charge on any atom is -0.382 e. The van der Waals surface area contributed by atoms with E-state index in [9.17, 15) is 0 Å². The van der Waals surface area contributed by atoms with Crippen molar-refractivity contribution < 1.29 is 9.47 Å². The molecule has 0 aromatic carbocycles. The van der Waals surface area contributed by atoms with E-state index in [0.29, 0.717) is 19.3 Å². The summed E-state index contributed by atoms with van der Waals surface area (Å²) in [5.74, 6) is 0. The quantitative estimate of drug-likeness (QED) is 0.666. The van der Waals surface area contributed by atoms with Crippen LogP contribution in [0, 0.1) is 0 Å². The molecule has 0 aliphatic carbocycles. The van der Waals surface area contributed by atoms with Crippen molar-refractivity contribution in [2.75, 3.05) is 34.0 Å². The number of thiazole rings is 1. The van der Waals surface area contributed by atoms with Gasteiger partial charge in [0.1, 0.15) is 0 Å². The van der Waals surface area contributed by atoms with Crippen LogP contribution < -0.4 is 5.32 Å². The molecule has 1 heterocycles. The molecule has 92 valence electrons. The Balaban J connectivity index is 2.12. The van der Waals surface area contributed by atoms with Crippen LogP contribution in [0.25, 0.3) is 0 Å². The van der Waals surface area contributed by atoms with Gasteiger partial charge >= 0.3 is 0 Å². The molecule has 1 aromatic rings. The standard InChI is InChI=1S/C11H20N2O2S/c1-12-10(3-4-15-6-5-14-2)7-11-8-13-9-16-11/h8-10,12H,3-7H2,1-2H3. The summed E-state index contributed by atoms with van der Waals surface area (Å²) in [7, 11) is 3.67. The molecule has 1 N–H and O–H groups in total. The van der Waals surface area contributed by atoms with Crippen molar-refractivity contribution in [3.63, 3.8) is 0 Å². The zero-order valence-corrected chi connectivity index (χ0v) is 10.8. The van der Waals surface area contributed by atoms with Crippen LogP contribution in [0.5, 0.6) is 0 Å². The monoisotopic (exact) mass is 244 g/mol. The Morgan fingerprint density at radius 1 is 1.44 bits per heavy atom. The first-order valence-electron chi connectivity index (χ1n) is 5.48. The summed E-state index contributed by atoms with van der Waals surface area (Å²) in [5, 5.41) is 3.30. The molecule has 0 aliphatic rings. The highest BCUT2D eigenvalue weighted by molar-refractivity contribution is 7.09. The Morgan fingerprint density at radius 3 is 2.94 bits per heavy atom. The average molecular weight is 244 g/mol. The molecule has 0 radical (unpaired) electrons. The molecule has 0 spiro atoms. The van der Waals surface area contributed by atoms with E-state index in [0.717, 1.165) is 19.4 Å². The number of nitrogens with one attached hydrogen (secondary N) is 1. The lowest BCUT2D eigenvalue weighted by molar-refractivity contribution is 0.0661. The van der Waals surface area contributed by atoms with Gasteiger partial charge in [-0.15, -0.1) is 11.3 Å². The van der Waals surface area contributed by atoms with Gasteiger partial charge in [0.2, 0.25) is 0 Å². The number of ether oxygens (including phenoxy) is 2. The van der Waals surface area contributed by atoms with Crippen LogP contribution in [0.15, 0.2) is 11.7 Å². The molecule has 5 heteroatoms. The highest BCUT2D eigenvalue weighted by Gasteiger charge is 2.08. The van der Waals surface area contributed by atoms with Crippen molar-refractivity contribution in [1.82, 2.24) is 10.3 Å². The van der Waals surface area contributed by atoms with Crippen molar-refractivity contribution >= 4 is 11.3 Å². The van der Waals surface area contributed by atoms with Crippen LogP contribution in [0.1, 0.15) is 11.3 Å². The Morgan fingerprint density at radius 2 is 2.31 bits per heavy atom. The first-order chi connectivity index (χ1) is 7.86. The summed E-state index contributed by atoms with van der Waals surface area (Å²) in [5.41, 5.74) is 1.87. The van der Waals surface area contributed by atoms with E-state index in [1.165, 1.54) is 4.88 Å². The third-order valence-corrected chi connectivity index (χ3v) is 3.18. The number of rotatable bonds is 9. The van der Waals surface area contributed by atoms with Crippen LogP contribution in [0.3, 0.4) is 0 Å². The molecule has 0 fully saturated rings. The molecule has 4 nitrogen and oxygen atoms in total. The van der Waals surface area contributed by atoms with Crippen LogP contribution >= 0.6 is 11.3 Å². The van der Waals surface area contributed by atoms with Gasteiger partial charge in [-0.25, -0.2) is 0 Å². The third kappa shape index (κ3) is 5.55. The number of methoxy groups -OCH3 is 1. The second-order valence-corrected chi connectivity index (χ2v) is 4.52. The molecule has 0 saturated carbocycles. The van der Waals surface area contributed by atoms with Gasteiger partial charge in [0.05, 0.1) is 18.7 Å². The first-order valence-corrected chi connectivity index (χ1v) is 6.36. The van der Waals surface area contributed by atoms with Crippen LogP contribution in [-0.2, 0) is 15.9 Å². The molecule has 0 saturated heterocycles. The Kier molecular flexibility index (Phi) is 7.33. The predicted molar refractivity (Wildman–Crippen MR) is 66.0 cm³/mol. The molecule has 0 aliphatic heterocycles. The Labute approximate surface area is 101 Å². The van der Waals surface area contributed by atoms with E-state index in [4.69, 9.17) is 9.47 Å². The second kappa shape index (κ2) is 8.64. The molecule has 16 heavy (non-hydrogen) atoms. The lowest BCUT2D eigenvalue weighted by Gasteiger charge is -2.14. The lowest BCUT2D eigenvalue weighted by Crippen LogP contribution is -2.28. The van der Waals surface area contributed by atoms with Gasteiger partial charge in [0, 0.05) is 30.8 Å². The first kappa shape index (κ1) is 13.6. The average Bonchev–Trinajstić information content (AvgIpc) is 2.80. The van der Waals surface area contributed by atoms with Crippen molar-refractivity contribution in [2.24, 2.45) is 0 Å². The van der Waals surface area contributed by atoms with Gasteiger partial charge in [-0.05, 0) is 19.9 Å². The number of hydrogen-bond donors (Lipinski definition) is 1. The number of hydrogen-bond acceptors (Lipinski definition) is 5. The van der Waals surface area contributed by atoms with E-state index < -0.39 is 0 Å². The van der Waals surface area contributed by atoms with E-state index in [1.54, 1.807) is 18.4 Å². The van der Waals surface area contributed by atoms with Crippen LogP contribution in [0.4, 0.5) is 0 Å². The summed E-state index contributed by atoms with van der Waals surface area (Å²) in [6, 6.07) is 0.461. The molecule has 0 bridgehead atoms. The smallest absolute Gasteiger partial charge is 0.0794 e. The van der Waals surface area contributed by atoms with Crippen LogP contribution in [0.2, 0.25) is 0 Å². The van der Waals surface area contributed by atoms with Gasteiger partial charge in [-0.2, -0.15) is 0 Å². The number of nitrogens with zero attached hydrogens (tertiary/aromatic N) is 1. The Hall–Kier alpha value is -0.490. The van der Waals surface area contributed by atoms with E-state index >= 15 is 0 Å². The van der Waals surface area contributed by atoms with Gasteiger partial charge in [0.15, 0.2) is 0 Å². The maximum Gasteiger partial charge on any atom is 0.0794 e. The highest BCUT2D eigenvalue weighted by Crippen LogP contribution is 2.10. The second-order valence-electron chi connectivity index (χ2n) is 3.55. The number of aromatic nitrogens is 1. The fourth-order valence-electron chi connectivity index (χ4n) is 1.40. The third-order valence-electron chi connectivity index (χ3n) is 2.38. The van der Waals surface area contributed by atoms with Crippen LogP contribution in [-0.4, -0.2) is 45.0 Å². The molecule has 1 aromatic heterocycles. The van der Waals surface area contributed by atoms with Crippen molar-refractivity contribution in [3.05, 3.63) is 16.6 Å². The summed E-state index contributed by atoms with van der Waals surface area (Å²) in [6.45, 7) is 2.11. The fourth-order valence-corrected chi connectivity index (χ4v) is 2.08. The van der Waals surface area contributed by atoms with Gasteiger partial charge < -0.3 is 14.8 Å². The normalized spacial score (nSPS) is 12.9. The molecule has 0 amide bonds. The molecule has 1 rings (SSSR count). The fraction of sp³-hybridized carbons (Fsp3) is 0.727. The summed E-state index contributed by atoms with van der Waals surface area (Å²) in [6.07, 6.45) is 3.97. The van der Waals surface area contributed by atoms with Gasteiger partial charge in [0.25, 0.3) is 0 Å². The van der Waals surface area contributed by atoms with Gasteiger partial charge in [-0.3, -0.25) is 4.98 Å². The minimum atomic E-state index is 0.461. The molecular formula is C11H20N2O2S. The lowest BCUT2D eigenvalue weighted by atomic mass is 10.1. The summed E-state index contributed by atoms with van der Waals surface area (Å²) < 4.78 is 10.4. The largest absolute Gasteiger partial charge is 0.382 e. The maximum absolute atomic E-state index is 5.45. The van der Waals surface area contributed by atoms with E-state index in [2.05, 4.69) is 10.3 Å². The Bertz CT molecular complexity index is 254. The zero-order chi connectivity index (χ0) is 11.6. The maximum atomic E-state index is 5.45. The molecular weight excluding hydrogens is 224 g/mol. The van der Waals surface area contributed by atoms with Gasteiger partial charge in [-0.1, -0.05) is 0 Å². The highest BCUT2D eigenvalue weighted by atomic mass is 32.1. The molecule has 1 unspecified atom stereocenters. The predicted octanol–water partition coefficient (Wildman–Crippen LogP) is 1.33. The van der Waals surface area contributed by atoms with E-state index in [1.807, 2.05) is 18.8 Å². The zero-order valence-electron chi connectivity index (χ0n) is 9.94. The number of likely N-dealkylation sites (N-methyl/N-ethyl adjacent to an activating group) is 1. The van der Waals surface area contributed by atoms with Crippen molar-refractivity contribution in [3.8, 4) is 0 Å². The van der Waals surface area contributed by atoms with Crippen molar-refractivity contribution in [2.45, 2.75) is 18.9 Å². The SMILES string of the molecule is CNC(CCOCCOC)Cc1cncs1. The summed E-state index contributed by atoms with van der Waals surface area (Å²) >= 11 is 1.70. The topological polar surface area (TPSA) is 43.4 Å².